The molecule has 1 atom stereocenters. The molecule has 0 aliphatic carbocycles. The summed E-state index contributed by atoms with van der Waals surface area (Å²) in [5.41, 5.74) is -0.0121. The Morgan fingerprint density at radius 3 is 2.38 bits per heavy atom. The van der Waals surface area contributed by atoms with Crippen LogP contribution in [-0.2, 0) is 9.84 Å². The highest BCUT2D eigenvalue weighted by Gasteiger charge is 2.27. The lowest BCUT2D eigenvalue weighted by atomic mass is 9.83. The highest BCUT2D eigenvalue weighted by Crippen LogP contribution is 2.27. The molecule has 0 aromatic carbocycles. The fourth-order valence-electron chi connectivity index (χ4n) is 1.20. The topological polar surface area (TPSA) is 47.0 Å². The fourth-order valence-corrected chi connectivity index (χ4v) is 3.03. The van der Waals surface area contributed by atoms with Crippen LogP contribution in [0.3, 0.4) is 0 Å². The first-order chi connectivity index (χ1) is 7.23. The normalized spacial score (nSPS) is 14.8. The Hall–Kier alpha value is -0.900. The van der Waals surface area contributed by atoms with Gasteiger partial charge in [-0.25, -0.2) is 13.4 Å². The largest absolute Gasteiger partial charge is 0.245 e. The van der Waals surface area contributed by atoms with Gasteiger partial charge in [0.05, 0.1) is 5.75 Å². The van der Waals surface area contributed by atoms with E-state index in [1.54, 1.807) is 18.2 Å². The van der Waals surface area contributed by atoms with Crippen molar-refractivity contribution in [3.05, 3.63) is 24.4 Å². The maximum absolute atomic E-state index is 12.0. The van der Waals surface area contributed by atoms with Gasteiger partial charge in [0.2, 0.25) is 0 Å². The number of aromatic nitrogens is 1. The maximum atomic E-state index is 12.0. The Balaban J connectivity index is 2.90. The van der Waals surface area contributed by atoms with Crippen LogP contribution in [0.25, 0.3) is 0 Å². The van der Waals surface area contributed by atoms with Crippen molar-refractivity contribution in [2.45, 2.75) is 32.7 Å². The predicted octanol–water partition coefficient (Wildman–Crippen LogP) is 2.54. The van der Waals surface area contributed by atoms with Gasteiger partial charge in [-0.15, -0.1) is 0 Å². The second-order valence-electron chi connectivity index (χ2n) is 5.22. The lowest BCUT2D eigenvalue weighted by molar-refractivity contribution is 0.285. The monoisotopic (exact) mass is 241 g/mol. The summed E-state index contributed by atoms with van der Waals surface area (Å²) in [6.45, 7) is 8.10. The predicted molar refractivity (Wildman–Crippen MR) is 64.9 cm³/mol. The van der Waals surface area contributed by atoms with Crippen molar-refractivity contribution in [3.8, 4) is 0 Å². The van der Waals surface area contributed by atoms with Gasteiger partial charge < -0.3 is 0 Å². The van der Waals surface area contributed by atoms with Gasteiger partial charge >= 0.3 is 0 Å². The Morgan fingerprint density at radius 2 is 1.94 bits per heavy atom. The number of sulfone groups is 1. The summed E-state index contributed by atoms with van der Waals surface area (Å²) in [5.74, 6) is 0.243. The molecular formula is C12H19NO2S. The van der Waals surface area contributed by atoms with Crippen molar-refractivity contribution >= 4 is 9.84 Å². The highest BCUT2D eigenvalue weighted by atomic mass is 32.2. The van der Waals surface area contributed by atoms with E-state index < -0.39 is 9.84 Å². The molecule has 1 heterocycles. The molecule has 0 amide bonds. The molecule has 0 saturated heterocycles. The molecule has 1 aromatic heterocycles. The van der Waals surface area contributed by atoms with Crippen LogP contribution >= 0.6 is 0 Å². The van der Waals surface area contributed by atoms with Crippen molar-refractivity contribution in [2.75, 3.05) is 5.75 Å². The minimum Gasteiger partial charge on any atom is -0.245 e. The summed E-state index contributed by atoms with van der Waals surface area (Å²) >= 11 is 0. The van der Waals surface area contributed by atoms with E-state index in [1.165, 1.54) is 6.20 Å². The Morgan fingerprint density at radius 1 is 1.31 bits per heavy atom. The Kier molecular flexibility index (Phi) is 3.73. The molecule has 90 valence electrons. The fraction of sp³-hybridized carbons (Fsp3) is 0.583. The standard InChI is InChI=1S/C12H19NO2S/c1-10(12(2,3)4)9-16(14,15)11-7-5-6-8-13-11/h5-8,10H,9H2,1-4H3/t10-/m1/s1. The molecule has 4 heteroatoms. The summed E-state index contributed by atoms with van der Waals surface area (Å²) < 4.78 is 24.1. The number of hydrogen-bond acceptors (Lipinski definition) is 3. The van der Waals surface area contributed by atoms with E-state index >= 15 is 0 Å². The van der Waals surface area contributed by atoms with Crippen LogP contribution in [0.1, 0.15) is 27.7 Å². The quantitative estimate of drug-likeness (QED) is 0.817. The van der Waals surface area contributed by atoms with E-state index in [0.29, 0.717) is 0 Å². The summed E-state index contributed by atoms with van der Waals surface area (Å²) in [7, 11) is -3.25. The molecule has 1 aromatic rings. The minimum atomic E-state index is -3.25. The smallest absolute Gasteiger partial charge is 0.195 e. The molecule has 0 aliphatic rings. The summed E-state index contributed by atoms with van der Waals surface area (Å²) in [6.07, 6.45) is 1.51. The lowest BCUT2D eigenvalue weighted by Gasteiger charge is -2.26. The highest BCUT2D eigenvalue weighted by molar-refractivity contribution is 7.91. The number of hydrogen-bond donors (Lipinski definition) is 0. The minimum absolute atomic E-state index is 0.0121. The zero-order chi connectivity index (χ0) is 12.4. The van der Waals surface area contributed by atoms with E-state index in [-0.39, 0.29) is 22.1 Å². The third-order valence-corrected chi connectivity index (χ3v) is 4.72. The van der Waals surface area contributed by atoms with Crippen molar-refractivity contribution < 1.29 is 8.42 Å². The van der Waals surface area contributed by atoms with Crippen LogP contribution in [0.2, 0.25) is 0 Å². The average molecular weight is 241 g/mol. The number of rotatable bonds is 3. The molecular weight excluding hydrogens is 222 g/mol. The van der Waals surface area contributed by atoms with Gasteiger partial charge in [-0.05, 0) is 23.5 Å². The number of nitrogens with zero attached hydrogens (tertiary/aromatic N) is 1. The molecule has 0 aliphatic heterocycles. The van der Waals surface area contributed by atoms with E-state index in [4.69, 9.17) is 0 Å². The van der Waals surface area contributed by atoms with Gasteiger partial charge in [0.1, 0.15) is 0 Å². The third kappa shape index (κ3) is 3.30. The zero-order valence-electron chi connectivity index (χ0n) is 10.3. The van der Waals surface area contributed by atoms with E-state index in [2.05, 4.69) is 4.98 Å². The number of pyridine rings is 1. The first-order valence-corrected chi connectivity index (χ1v) is 7.02. The molecule has 0 bridgehead atoms. The molecule has 0 spiro atoms. The first-order valence-electron chi connectivity index (χ1n) is 5.37. The molecule has 0 saturated carbocycles. The van der Waals surface area contributed by atoms with Crippen LogP contribution in [-0.4, -0.2) is 19.2 Å². The molecule has 1 rings (SSSR count). The van der Waals surface area contributed by atoms with Crippen molar-refractivity contribution in [1.82, 2.24) is 4.98 Å². The van der Waals surface area contributed by atoms with Crippen LogP contribution in [0.4, 0.5) is 0 Å². The van der Waals surface area contributed by atoms with Crippen molar-refractivity contribution in [3.63, 3.8) is 0 Å². The van der Waals surface area contributed by atoms with Gasteiger partial charge in [0, 0.05) is 6.20 Å². The lowest BCUT2D eigenvalue weighted by Crippen LogP contribution is -2.26. The van der Waals surface area contributed by atoms with Gasteiger partial charge in [0.15, 0.2) is 14.9 Å². The van der Waals surface area contributed by atoms with Crippen LogP contribution in [0, 0.1) is 11.3 Å². The Bertz CT molecular complexity index is 432. The molecule has 0 N–H and O–H groups in total. The second-order valence-corrected chi connectivity index (χ2v) is 7.20. The summed E-state index contributed by atoms with van der Waals surface area (Å²) in [6, 6.07) is 4.96. The van der Waals surface area contributed by atoms with Crippen LogP contribution in [0.15, 0.2) is 29.4 Å². The Labute approximate surface area is 97.8 Å². The van der Waals surface area contributed by atoms with Crippen molar-refractivity contribution in [2.24, 2.45) is 11.3 Å². The van der Waals surface area contributed by atoms with E-state index in [9.17, 15) is 8.42 Å². The summed E-state index contributed by atoms with van der Waals surface area (Å²) in [5, 5.41) is 0.172. The molecule has 3 nitrogen and oxygen atoms in total. The van der Waals surface area contributed by atoms with Crippen molar-refractivity contribution in [1.29, 1.82) is 0 Å². The maximum Gasteiger partial charge on any atom is 0.195 e. The molecule has 0 fully saturated rings. The molecule has 0 radical (unpaired) electrons. The van der Waals surface area contributed by atoms with Crippen LogP contribution < -0.4 is 0 Å². The van der Waals surface area contributed by atoms with Gasteiger partial charge in [0.25, 0.3) is 0 Å². The first kappa shape index (κ1) is 13.2. The summed E-state index contributed by atoms with van der Waals surface area (Å²) in [4.78, 5) is 3.90. The van der Waals surface area contributed by atoms with Gasteiger partial charge in [-0.1, -0.05) is 33.8 Å². The van der Waals surface area contributed by atoms with Gasteiger partial charge in [-0.2, -0.15) is 0 Å². The zero-order valence-corrected chi connectivity index (χ0v) is 11.1. The SMILES string of the molecule is C[C@H](CS(=O)(=O)c1ccccn1)C(C)(C)C. The second kappa shape index (κ2) is 4.53. The molecule has 0 unspecified atom stereocenters. The molecule has 16 heavy (non-hydrogen) atoms. The van der Waals surface area contributed by atoms with E-state index in [1.807, 2.05) is 27.7 Å². The average Bonchev–Trinajstić information content (AvgIpc) is 2.17. The van der Waals surface area contributed by atoms with Gasteiger partial charge in [-0.3, -0.25) is 0 Å². The van der Waals surface area contributed by atoms with E-state index in [0.717, 1.165) is 0 Å². The third-order valence-electron chi connectivity index (χ3n) is 2.90. The van der Waals surface area contributed by atoms with Crippen LogP contribution in [0.5, 0.6) is 0 Å².